The predicted molar refractivity (Wildman–Crippen MR) is 94.2 cm³/mol. The molecule has 0 aliphatic carbocycles. The van der Waals surface area contributed by atoms with Gasteiger partial charge in [0.25, 0.3) is 0 Å². The first-order chi connectivity index (χ1) is 12.3. The Labute approximate surface area is 154 Å². The van der Waals surface area contributed by atoms with Crippen LogP contribution >= 0.6 is 0 Å². The number of allylic oxidation sites excluding steroid dienone is 1. The zero-order valence-electron chi connectivity index (χ0n) is 16.0. The number of methoxy groups -OCH3 is 1. The molecule has 7 heteroatoms. The van der Waals surface area contributed by atoms with E-state index in [9.17, 15) is 14.4 Å². The summed E-state index contributed by atoms with van der Waals surface area (Å²) in [5, 5.41) is 0. The fourth-order valence-corrected chi connectivity index (χ4v) is 3.54. The van der Waals surface area contributed by atoms with Crippen LogP contribution in [0, 0.1) is 0 Å². The maximum atomic E-state index is 12.1. The van der Waals surface area contributed by atoms with Crippen LogP contribution in [-0.2, 0) is 28.6 Å². The number of hydrogen-bond donors (Lipinski definition) is 0. The molecule has 0 aromatic heterocycles. The van der Waals surface area contributed by atoms with Gasteiger partial charge in [-0.3, -0.25) is 4.90 Å². The molecule has 4 atom stereocenters. The van der Waals surface area contributed by atoms with Crippen molar-refractivity contribution in [1.29, 1.82) is 0 Å². The van der Waals surface area contributed by atoms with Crippen LogP contribution in [0.15, 0.2) is 23.3 Å². The quantitative estimate of drug-likeness (QED) is 0.417. The standard InChI is InChI=1S/C19H27NO6/c1-6-11(2)19(23)26-16-9-13-8-14(10-15(16)20(13)4)25-17(21)7-12(3)18(22)24-5/h6-7,13-16H,8-10H2,1-5H3/b11-6+,12-7+/t13-,14-,15+,16-/m0/s1. The van der Waals surface area contributed by atoms with E-state index in [-0.39, 0.29) is 35.8 Å². The van der Waals surface area contributed by atoms with Crippen LogP contribution in [0.2, 0.25) is 0 Å². The van der Waals surface area contributed by atoms with Crippen molar-refractivity contribution in [1.82, 2.24) is 4.90 Å². The summed E-state index contributed by atoms with van der Waals surface area (Å²) in [6.45, 7) is 5.03. The molecule has 2 heterocycles. The predicted octanol–water partition coefficient (Wildman–Crippen LogP) is 1.76. The Kier molecular flexibility index (Phi) is 6.58. The SMILES string of the molecule is C/C=C(\C)C(=O)O[C@H]1C[C@@H]2C[C@H](OC(=O)/C=C(\C)C(=O)OC)C[C@H]1N2C. The van der Waals surface area contributed by atoms with Gasteiger partial charge >= 0.3 is 17.9 Å². The summed E-state index contributed by atoms with van der Waals surface area (Å²) in [5.41, 5.74) is 0.780. The van der Waals surface area contributed by atoms with Crippen LogP contribution in [0.4, 0.5) is 0 Å². The first kappa shape index (κ1) is 20.2. The number of esters is 3. The lowest BCUT2D eigenvalue weighted by molar-refractivity contribution is -0.150. The Morgan fingerprint density at radius 3 is 2.31 bits per heavy atom. The highest BCUT2D eigenvalue weighted by Gasteiger charge is 2.47. The van der Waals surface area contributed by atoms with E-state index in [1.165, 1.54) is 14.0 Å². The van der Waals surface area contributed by atoms with Crippen LogP contribution in [0.5, 0.6) is 0 Å². The molecule has 2 bridgehead atoms. The van der Waals surface area contributed by atoms with E-state index >= 15 is 0 Å². The summed E-state index contributed by atoms with van der Waals surface area (Å²) in [6, 6.07) is 0.215. The third-order valence-electron chi connectivity index (χ3n) is 5.21. The lowest BCUT2D eigenvalue weighted by Gasteiger charge is -2.36. The molecule has 0 aromatic carbocycles. The van der Waals surface area contributed by atoms with Crippen molar-refractivity contribution in [3.8, 4) is 0 Å². The third-order valence-corrected chi connectivity index (χ3v) is 5.21. The van der Waals surface area contributed by atoms with Gasteiger partial charge in [0.1, 0.15) is 12.2 Å². The second-order valence-electron chi connectivity index (χ2n) is 6.89. The zero-order valence-corrected chi connectivity index (χ0v) is 16.0. The van der Waals surface area contributed by atoms with Crippen molar-refractivity contribution < 1.29 is 28.6 Å². The van der Waals surface area contributed by atoms with Crippen molar-refractivity contribution >= 4 is 17.9 Å². The highest BCUT2D eigenvalue weighted by molar-refractivity contribution is 5.95. The minimum atomic E-state index is -0.559. The van der Waals surface area contributed by atoms with Gasteiger partial charge in [-0.15, -0.1) is 0 Å². The minimum absolute atomic E-state index is 0.0193. The van der Waals surface area contributed by atoms with E-state index < -0.39 is 11.9 Å². The van der Waals surface area contributed by atoms with Gasteiger partial charge in [0.05, 0.1) is 13.2 Å². The molecule has 2 aliphatic heterocycles. The summed E-state index contributed by atoms with van der Waals surface area (Å²) in [6.07, 6.45) is 4.42. The normalized spacial score (nSPS) is 29.3. The maximum absolute atomic E-state index is 12.1. The Hall–Kier alpha value is -2.15. The monoisotopic (exact) mass is 365 g/mol. The number of likely N-dealkylation sites (N-methyl/N-ethyl adjacent to an activating group) is 1. The van der Waals surface area contributed by atoms with Gasteiger partial charge in [0.15, 0.2) is 0 Å². The van der Waals surface area contributed by atoms with Gasteiger partial charge in [-0.1, -0.05) is 6.08 Å². The summed E-state index contributed by atoms with van der Waals surface area (Å²) in [4.78, 5) is 37.6. The Balaban J connectivity index is 1.97. The fraction of sp³-hybridized carbons (Fsp3) is 0.632. The smallest absolute Gasteiger partial charge is 0.333 e. The van der Waals surface area contributed by atoms with E-state index in [2.05, 4.69) is 9.64 Å². The molecule has 2 saturated heterocycles. The van der Waals surface area contributed by atoms with Crippen molar-refractivity contribution in [3.05, 3.63) is 23.3 Å². The first-order valence-corrected chi connectivity index (χ1v) is 8.79. The second kappa shape index (κ2) is 8.49. The molecule has 0 radical (unpaired) electrons. The number of carbonyl (C=O) groups is 3. The van der Waals surface area contributed by atoms with E-state index in [0.29, 0.717) is 18.4 Å². The molecule has 0 aromatic rings. The van der Waals surface area contributed by atoms with E-state index in [0.717, 1.165) is 12.5 Å². The van der Waals surface area contributed by atoms with Crippen LogP contribution in [0.25, 0.3) is 0 Å². The van der Waals surface area contributed by atoms with Crippen LogP contribution in [0.3, 0.4) is 0 Å². The van der Waals surface area contributed by atoms with Gasteiger partial charge in [0.2, 0.25) is 0 Å². The van der Waals surface area contributed by atoms with E-state index in [1.807, 2.05) is 7.05 Å². The number of ether oxygens (including phenoxy) is 3. The van der Waals surface area contributed by atoms with Crippen molar-refractivity contribution in [2.24, 2.45) is 0 Å². The lowest BCUT2D eigenvalue weighted by atomic mass is 10.00. The van der Waals surface area contributed by atoms with Gasteiger partial charge in [-0.05, 0) is 27.8 Å². The summed E-state index contributed by atoms with van der Waals surface area (Å²) in [5.74, 6) is -1.42. The largest absolute Gasteiger partial charge is 0.466 e. The number of fused-ring (bicyclic) bond motifs is 2. The molecule has 0 spiro atoms. The summed E-state index contributed by atoms with van der Waals surface area (Å²) >= 11 is 0. The van der Waals surface area contributed by atoms with E-state index in [1.54, 1.807) is 19.9 Å². The first-order valence-electron chi connectivity index (χ1n) is 8.79. The Morgan fingerprint density at radius 2 is 1.69 bits per heavy atom. The molecule has 7 nitrogen and oxygen atoms in total. The van der Waals surface area contributed by atoms with Crippen molar-refractivity contribution in [3.63, 3.8) is 0 Å². The average Bonchev–Trinajstić information content (AvgIpc) is 2.78. The number of rotatable bonds is 5. The van der Waals surface area contributed by atoms with Gasteiger partial charge < -0.3 is 14.2 Å². The van der Waals surface area contributed by atoms with Gasteiger partial charge in [0, 0.05) is 42.5 Å². The molecule has 2 aliphatic rings. The average molecular weight is 365 g/mol. The highest BCUT2D eigenvalue weighted by atomic mass is 16.6. The molecule has 0 unspecified atom stereocenters. The van der Waals surface area contributed by atoms with Crippen LogP contribution in [-0.4, -0.2) is 61.3 Å². The second-order valence-corrected chi connectivity index (χ2v) is 6.89. The summed E-state index contributed by atoms with van der Waals surface area (Å²) < 4.78 is 15.7. The molecule has 0 saturated carbocycles. The van der Waals surface area contributed by atoms with Crippen molar-refractivity contribution in [2.75, 3.05) is 14.2 Å². The maximum Gasteiger partial charge on any atom is 0.333 e. The lowest BCUT2D eigenvalue weighted by Crippen LogP contribution is -2.46. The minimum Gasteiger partial charge on any atom is -0.466 e. The molecule has 0 amide bonds. The number of hydrogen-bond acceptors (Lipinski definition) is 7. The van der Waals surface area contributed by atoms with Crippen LogP contribution < -0.4 is 0 Å². The van der Waals surface area contributed by atoms with Gasteiger partial charge in [-0.2, -0.15) is 0 Å². The molecule has 0 N–H and O–H groups in total. The Morgan fingerprint density at radius 1 is 1.00 bits per heavy atom. The van der Waals surface area contributed by atoms with Crippen LogP contribution in [0.1, 0.15) is 40.0 Å². The molecule has 2 fully saturated rings. The molecular formula is C19H27NO6. The molecule has 26 heavy (non-hydrogen) atoms. The Bertz CT molecular complexity index is 638. The number of carbonyl (C=O) groups excluding carboxylic acids is 3. The molecular weight excluding hydrogens is 338 g/mol. The zero-order chi connectivity index (χ0) is 19.4. The third kappa shape index (κ3) is 4.52. The van der Waals surface area contributed by atoms with E-state index in [4.69, 9.17) is 9.47 Å². The topological polar surface area (TPSA) is 82.1 Å². The number of nitrogens with zero attached hydrogens (tertiary/aromatic N) is 1. The van der Waals surface area contributed by atoms with Crippen molar-refractivity contribution in [2.45, 2.75) is 64.3 Å². The summed E-state index contributed by atoms with van der Waals surface area (Å²) in [7, 11) is 3.27. The number of piperidine rings is 1. The highest BCUT2D eigenvalue weighted by Crippen LogP contribution is 2.37. The van der Waals surface area contributed by atoms with Gasteiger partial charge in [-0.25, -0.2) is 14.4 Å². The fourth-order valence-electron chi connectivity index (χ4n) is 3.54. The molecule has 144 valence electrons. The molecule has 2 rings (SSSR count).